The van der Waals surface area contributed by atoms with Crippen molar-refractivity contribution in [2.45, 2.75) is 62.8 Å². The van der Waals surface area contributed by atoms with Crippen LogP contribution in [0.2, 0.25) is 19.1 Å². The lowest BCUT2D eigenvalue weighted by molar-refractivity contribution is 0.115. The molecule has 0 unspecified atom stereocenters. The van der Waals surface area contributed by atoms with Gasteiger partial charge in [0, 0.05) is 0 Å². The highest BCUT2D eigenvalue weighted by Gasteiger charge is 2.22. The van der Waals surface area contributed by atoms with E-state index in [1.165, 1.54) is 41.6 Å². The average Bonchev–Trinajstić information content (AvgIpc) is 2.75. The van der Waals surface area contributed by atoms with Gasteiger partial charge in [-0.3, -0.25) is 0 Å². The topological polar surface area (TPSA) is 75.7 Å². The summed E-state index contributed by atoms with van der Waals surface area (Å²) in [5.41, 5.74) is 9.02. The number of ether oxygens (including phenoxy) is 1. The van der Waals surface area contributed by atoms with Gasteiger partial charge in [0.15, 0.2) is 0 Å². The molecule has 0 bridgehead atoms. The lowest BCUT2D eigenvalue weighted by Gasteiger charge is -2.24. The van der Waals surface area contributed by atoms with Crippen molar-refractivity contribution in [2.24, 2.45) is 5.73 Å². The van der Waals surface area contributed by atoms with Crippen LogP contribution >= 0.6 is 0 Å². The van der Waals surface area contributed by atoms with Gasteiger partial charge in [-0.25, -0.2) is 0 Å². The summed E-state index contributed by atoms with van der Waals surface area (Å²) in [6.07, 6.45) is 4.94. The Labute approximate surface area is 183 Å². The van der Waals surface area contributed by atoms with Crippen molar-refractivity contribution < 1.29 is 14.9 Å². The van der Waals surface area contributed by atoms with E-state index in [4.69, 9.17) is 10.5 Å². The Morgan fingerprint density at radius 3 is 2.13 bits per heavy atom. The highest BCUT2D eigenvalue weighted by Crippen LogP contribution is 2.23. The number of aryl methyl sites for hydroxylation is 2. The van der Waals surface area contributed by atoms with Gasteiger partial charge >= 0.3 is 0 Å². The van der Waals surface area contributed by atoms with Gasteiger partial charge < -0.3 is 20.7 Å². The minimum absolute atomic E-state index is 0.195. The summed E-state index contributed by atoms with van der Waals surface area (Å²) in [7, 11) is 0.455. The molecule has 0 aliphatic heterocycles. The maximum absolute atomic E-state index is 9.30. The van der Waals surface area contributed by atoms with E-state index in [-0.39, 0.29) is 13.2 Å². The normalized spacial score (nSPS) is 12.2. The van der Waals surface area contributed by atoms with Gasteiger partial charge in [0.1, 0.15) is 5.75 Å². The van der Waals surface area contributed by atoms with Crippen LogP contribution in [0, 0.1) is 0 Å². The molecule has 0 saturated carbocycles. The van der Waals surface area contributed by atoms with Crippen molar-refractivity contribution in [1.82, 2.24) is 0 Å². The molecule has 4 N–H and O–H groups in total. The third-order valence-electron chi connectivity index (χ3n) is 5.95. The number of hydrogen-bond acceptors (Lipinski definition) is 4. The Morgan fingerprint density at radius 1 is 0.900 bits per heavy atom. The molecular weight excluding hydrogens is 390 g/mol. The molecule has 2 rings (SSSR count). The number of hydrogen-bond donors (Lipinski definition) is 3. The maximum atomic E-state index is 9.30. The Kier molecular flexibility index (Phi) is 9.56. The first-order valence-corrected chi connectivity index (χ1v) is 14.4. The standard InChI is InChI=1S/C25H39NO3Si/c1-29-24-9-6-8-23(17-24)18-30(2,3)16-5-4-7-21-10-12-22(13-11-21)14-15-25(26,19-27)20-28/h6,8-13,17,27-28H,4-5,7,14-16,18-20,26H2,1-3H3. The fourth-order valence-electron chi connectivity index (χ4n) is 3.83. The van der Waals surface area contributed by atoms with Crippen molar-refractivity contribution in [3.63, 3.8) is 0 Å². The predicted molar refractivity (Wildman–Crippen MR) is 128 cm³/mol. The minimum Gasteiger partial charge on any atom is -0.497 e. The molecule has 5 heteroatoms. The van der Waals surface area contributed by atoms with Crippen LogP contribution in [0.1, 0.15) is 36.0 Å². The van der Waals surface area contributed by atoms with Gasteiger partial charge in [0.2, 0.25) is 0 Å². The van der Waals surface area contributed by atoms with Crippen LogP contribution in [-0.2, 0) is 18.9 Å². The van der Waals surface area contributed by atoms with E-state index in [0.717, 1.165) is 18.6 Å². The largest absolute Gasteiger partial charge is 0.497 e. The first-order valence-electron chi connectivity index (χ1n) is 11.0. The number of benzene rings is 2. The quantitative estimate of drug-likeness (QED) is 0.331. The van der Waals surface area contributed by atoms with Crippen molar-refractivity contribution in [2.75, 3.05) is 20.3 Å². The van der Waals surface area contributed by atoms with Gasteiger partial charge in [-0.2, -0.15) is 0 Å². The predicted octanol–water partition coefficient (Wildman–Crippen LogP) is 4.12. The molecule has 0 spiro atoms. The van der Waals surface area contributed by atoms with E-state index in [2.05, 4.69) is 55.6 Å². The summed E-state index contributed by atoms with van der Waals surface area (Å²) < 4.78 is 5.36. The third kappa shape index (κ3) is 8.23. The number of methoxy groups -OCH3 is 1. The molecule has 2 aromatic rings. The zero-order chi connectivity index (χ0) is 22.0. The fraction of sp³-hybridized carbons (Fsp3) is 0.520. The highest BCUT2D eigenvalue weighted by atomic mass is 28.3. The number of aliphatic hydroxyl groups excluding tert-OH is 2. The molecule has 30 heavy (non-hydrogen) atoms. The number of nitrogens with two attached hydrogens (primary N) is 1. The smallest absolute Gasteiger partial charge is 0.119 e. The molecule has 0 aromatic heterocycles. The highest BCUT2D eigenvalue weighted by molar-refractivity contribution is 6.76. The van der Waals surface area contributed by atoms with E-state index in [9.17, 15) is 10.2 Å². The lowest BCUT2D eigenvalue weighted by Crippen LogP contribution is -2.47. The van der Waals surface area contributed by atoms with E-state index in [0.29, 0.717) is 6.42 Å². The Hall–Kier alpha value is -1.66. The van der Waals surface area contributed by atoms with Crippen LogP contribution in [-0.4, -0.2) is 44.1 Å². The van der Waals surface area contributed by atoms with Crippen molar-refractivity contribution in [3.8, 4) is 5.75 Å². The summed E-state index contributed by atoms with van der Waals surface area (Å²) in [5, 5.41) is 18.6. The third-order valence-corrected chi connectivity index (χ3v) is 9.02. The van der Waals surface area contributed by atoms with Crippen LogP contribution in [0.5, 0.6) is 5.75 Å². The Bertz CT molecular complexity index is 757. The summed E-state index contributed by atoms with van der Waals surface area (Å²) >= 11 is 0. The molecule has 0 fully saturated rings. The van der Waals surface area contributed by atoms with E-state index in [1.807, 2.05) is 6.07 Å². The lowest BCUT2D eigenvalue weighted by atomic mass is 9.93. The van der Waals surface area contributed by atoms with E-state index >= 15 is 0 Å². The second-order valence-corrected chi connectivity index (χ2v) is 14.6. The summed E-state index contributed by atoms with van der Waals surface area (Å²) in [5.74, 6) is 0.950. The Morgan fingerprint density at radius 2 is 1.53 bits per heavy atom. The van der Waals surface area contributed by atoms with Crippen molar-refractivity contribution in [1.29, 1.82) is 0 Å². The van der Waals surface area contributed by atoms with Gasteiger partial charge in [-0.05, 0) is 60.6 Å². The first kappa shape index (κ1) is 24.6. The Balaban J connectivity index is 1.74. The van der Waals surface area contributed by atoms with Gasteiger partial charge in [-0.1, -0.05) is 62.0 Å². The van der Waals surface area contributed by atoms with Crippen molar-refractivity contribution >= 4 is 8.07 Å². The van der Waals surface area contributed by atoms with Crippen LogP contribution < -0.4 is 10.5 Å². The molecule has 0 aliphatic rings. The zero-order valence-corrected chi connectivity index (χ0v) is 19.9. The monoisotopic (exact) mass is 429 g/mol. The molecule has 0 aliphatic carbocycles. The molecule has 2 aromatic carbocycles. The number of unbranched alkanes of at least 4 members (excludes halogenated alkanes) is 1. The molecular formula is C25H39NO3Si. The maximum Gasteiger partial charge on any atom is 0.119 e. The zero-order valence-electron chi connectivity index (χ0n) is 18.9. The minimum atomic E-state index is -1.27. The number of rotatable bonds is 13. The second-order valence-electron chi connectivity index (χ2n) is 9.39. The van der Waals surface area contributed by atoms with E-state index < -0.39 is 13.6 Å². The molecule has 166 valence electrons. The molecule has 4 nitrogen and oxygen atoms in total. The molecule has 0 heterocycles. The molecule has 0 atom stereocenters. The molecule has 0 radical (unpaired) electrons. The fourth-order valence-corrected chi connectivity index (χ4v) is 6.54. The number of aliphatic hydroxyl groups is 2. The van der Waals surface area contributed by atoms with Crippen LogP contribution in [0.25, 0.3) is 0 Å². The van der Waals surface area contributed by atoms with Crippen LogP contribution in [0.15, 0.2) is 48.5 Å². The first-order chi connectivity index (χ1) is 14.3. The SMILES string of the molecule is COc1cccc(C[Si](C)(C)CCCCc2ccc(CCC(N)(CO)CO)cc2)c1. The van der Waals surface area contributed by atoms with Crippen LogP contribution in [0.4, 0.5) is 0 Å². The summed E-state index contributed by atoms with van der Waals surface area (Å²) in [6, 6.07) is 19.7. The van der Waals surface area contributed by atoms with Gasteiger partial charge in [0.25, 0.3) is 0 Å². The van der Waals surface area contributed by atoms with Crippen molar-refractivity contribution in [3.05, 3.63) is 65.2 Å². The summed E-state index contributed by atoms with van der Waals surface area (Å²) in [6.45, 7) is 4.58. The van der Waals surface area contributed by atoms with Crippen LogP contribution in [0.3, 0.4) is 0 Å². The van der Waals surface area contributed by atoms with Gasteiger partial charge in [0.05, 0.1) is 33.9 Å². The molecule has 0 amide bonds. The summed E-state index contributed by atoms with van der Waals surface area (Å²) in [4.78, 5) is 0. The van der Waals surface area contributed by atoms with Gasteiger partial charge in [-0.15, -0.1) is 0 Å². The molecule has 0 saturated heterocycles. The average molecular weight is 430 g/mol. The van der Waals surface area contributed by atoms with E-state index in [1.54, 1.807) is 7.11 Å². The second kappa shape index (κ2) is 11.7.